The molecule has 0 radical (unpaired) electrons. The van der Waals surface area contributed by atoms with E-state index in [1.54, 1.807) is 13.2 Å². The van der Waals surface area contributed by atoms with Gasteiger partial charge in [-0.1, -0.05) is 38.2 Å². The highest BCUT2D eigenvalue weighted by Crippen LogP contribution is 2.52. The van der Waals surface area contributed by atoms with Crippen LogP contribution in [-0.2, 0) is 28.5 Å². The molecule has 3 saturated heterocycles. The quantitative estimate of drug-likeness (QED) is 0.272. The highest BCUT2D eigenvalue weighted by molar-refractivity contribution is 6.21. The molecule has 0 aromatic heterocycles. The van der Waals surface area contributed by atoms with E-state index in [1.165, 1.54) is 7.11 Å². The summed E-state index contributed by atoms with van der Waals surface area (Å²) in [4.78, 5) is 11.2. The first kappa shape index (κ1) is 28.6. The molecule has 3 aliphatic heterocycles. The fourth-order valence-corrected chi connectivity index (χ4v) is 5.69. The number of rotatable bonds is 9. The SMILES string of the molecule is CC[C@H]1O[C@@]2(CC[C@H](C)[C@@]3(C[C@H](O)[C@H](C/C=C/C/C=C\C[C@@H](O)C(=O)OC)O3)O2)C[C@@H](OC)[C@@H]1Cl. The van der Waals surface area contributed by atoms with Crippen molar-refractivity contribution in [2.45, 2.75) is 113 Å². The molecule has 0 saturated carbocycles. The van der Waals surface area contributed by atoms with E-state index in [-0.39, 0.29) is 36.0 Å². The summed E-state index contributed by atoms with van der Waals surface area (Å²) in [6.45, 7) is 4.14. The van der Waals surface area contributed by atoms with Crippen LogP contribution in [0.5, 0.6) is 0 Å². The van der Waals surface area contributed by atoms with E-state index in [0.29, 0.717) is 25.7 Å². The lowest BCUT2D eigenvalue weighted by atomic mass is 9.83. The standard InChI is InChI=1S/C26H41ClO8/c1-5-20-23(27)22(31-3)16-25(33-20)14-13-17(2)26(35-25)15-19(29)21(34-26)12-10-8-6-7-9-11-18(28)24(30)32-4/h7-10,17-23,28-29H,5-6,11-16H2,1-4H3/b9-7-,10-8+/t17-,18+,19-,20+,21-,22+,23+,25+,26+/m0/s1. The monoisotopic (exact) mass is 516 g/mol. The lowest BCUT2D eigenvalue weighted by Crippen LogP contribution is -2.61. The minimum atomic E-state index is -1.14. The summed E-state index contributed by atoms with van der Waals surface area (Å²) in [7, 11) is 2.91. The van der Waals surface area contributed by atoms with Crippen molar-refractivity contribution in [1.82, 2.24) is 0 Å². The topological polar surface area (TPSA) is 104 Å². The van der Waals surface area contributed by atoms with E-state index in [4.69, 9.17) is 30.5 Å². The van der Waals surface area contributed by atoms with Crippen molar-refractivity contribution >= 4 is 17.6 Å². The lowest BCUT2D eigenvalue weighted by Gasteiger charge is -2.54. The van der Waals surface area contributed by atoms with Crippen molar-refractivity contribution in [1.29, 1.82) is 0 Å². The van der Waals surface area contributed by atoms with Gasteiger partial charge in [-0.25, -0.2) is 4.79 Å². The second-order valence-electron chi connectivity index (χ2n) is 9.87. The maximum absolute atomic E-state index is 11.2. The average molecular weight is 517 g/mol. The number of allylic oxidation sites excluding steroid dienone is 2. The largest absolute Gasteiger partial charge is 0.467 e. The number of aliphatic hydroxyl groups excluding tert-OH is 2. The Balaban J connectivity index is 1.57. The molecule has 3 heterocycles. The third-order valence-corrected chi connectivity index (χ3v) is 8.00. The summed E-state index contributed by atoms with van der Waals surface area (Å²) in [6, 6.07) is 0. The number of hydrogen-bond acceptors (Lipinski definition) is 8. The maximum Gasteiger partial charge on any atom is 0.335 e. The van der Waals surface area contributed by atoms with Crippen LogP contribution in [0, 0.1) is 5.92 Å². The molecule has 200 valence electrons. The number of ether oxygens (including phenoxy) is 5. The van der Waals surface area contributed by atoms with Gasteiger partial charge in [0.25, 0.3) is 0 Å². The summed E-state index contributed by atoms with van der Waals surface area (Å²) >= 11 is 6.59. The van der Waals surface area contributed by atoms with Crippen molar-refractivity contribution < 1.29 is 38.7 Å². The van der Waals surface area contributed by atoms with Crippen LogP contribution in [-0.4, -0.2) is 77.9 Å². The molecule has 0 bridgehead atoms. The molecule has 2 N–H and O–H groups in total. The molecular weight excluding hydrogens is 476 g/mol. The van der Waals surface area contributed by atoms with Gasteiger partial charge in [0.05, 0.1) is 36.9 Å². The Labute approximate surface area is 213 Å². The van der Waals surface area contributed by atoms with Gasteiger partial charge < -0.3 is 33.9 Å². The van der Waals surface area contributed by atoms with E-state index < -0.39 is 29.8 Å². The molecule has 0 aliphatic carbocycles. The molecule has 9 atom stereocenters. The smallest absolute Gasteiger partial charge is 0.335 e. The Hall–Kier alpha value is -1.00. The van der Waals surface area contributed by atoms with Crippen LogP contribution in [0.3, 0.4) is 0 Å². The number of aliphatic hydroxyl groups is 2. The van der Waals surface area contributed by atoms with Crippen molar-refractivity contribution in [3.63, 3.8) is 0 Å². The zero-order chi connectivity index (χ0) is 25.6. The zero-order valence-electron chi connectivity index (χ0n) is 21.2. The normalized spacial score (nSPS) is 40.8. The van der Waals surface area contributed by atoms with Crippen LogP contribution in [0.1, 0.15) is 65.2 Å². The molecule has 0 aromatic carbocycles. The molecule has 2 spiro atoms. The maximum atomic E-state index is 11.2. The van der Waals surface area contributed by atoms with E-state index in [2.05, 4.69) is 11.7 Å². The fraction of sp³-hybridized carbons (Fsp3) is 0.808. The van der Waals surface area contributed by atoms with Gasteiger partial charge in [0.2, 0.25) is 0 Å². The molecule has 3 fully saturated rings. The summed E-state index contributed by atoms with van der Waals surface area (Å²) < 4.78 is 29.7. The minimum absolute atomic E-state index is 0.110. The van der Waals surface area contributed by atoms with Gasteiger partial charge in [-0.3, -0.25) is 0 Å². The first-order valence-corrected chi connectivity index (χ1v) is 13.1. The molecule has 9 heteroatoms. The summed E-state index contributed by atoms with van der Waals surface area (Å²) in [5, 5.41) is 20.2. The molecule has 35 heavy (non-hydrogen) atoms. The van der Waals surface area contributed by atoms with Gasteiger partial charge in [0.15, 0.2) is 17.7 Å². The Morgan fingerprint density at radius 1 is 1.17 bits per heavy atom. The Morgan fingerprint density at radius 2 is 1.91 bits per heavy atom. The summed E-state index contributed by atoms with van der Waals surface area (Å²) in [6.07, 6.45) is 9.71. The van der Waals surface area contributed by atoms with Gasteiger partial charge in [0.1, 0.15) is 0 Å². The van der Waals surface area contributed by atoms with Crippen molar-refractivity contribution in [3.05, 3.63) is 24.3 Å². The van der Waals surface area contributed by atoms with Crippen LogP contribution in [0.4, 0.5) is 0 Å². The van der Waals surface area contributed by atoms with Gasteiger partial charge in [0, 0.05) is 38.7 Å². The van der Waals surface area contributed by atoms with E-state index >= 15 is 0 Å². The van der Waals surface area contributed by atoms with Crippen LogP contribution >= 0.6 is 11.6 Å². The molecule has 0 unspecified atom stereocenters. The lowest BCUT2D eigenvalue weighted by molar-refractivity contribution is -0.413. The van der Waals surface area contributed by atoms with E-state index in [0.717, 1.165) is 19.3 Å². The predicted molar refractivity (Wildman–Crippen MR) is 131 cm³/mol. The number of esters is 1. The summed E-state index contributed by atoms with van der Waals surface area (Å²) in [5.74, 6) is -2.27. The van der Waals surface area contributed by atoms with Crippen LogP contribution in [0.25, 0.3) is 0 Å². The molecule has 8 nitrogen and oxygen atoms in total. The highest BCUT2D eigenvalue weighted by atomic mass is 35.5. The number of carbonyl (C=O) groups excluding carboxylic acids is 1. The van der Waals surface area contributed by atoms with E-state index in [9.17, 15) is 15.0 Å². The molecule has 0 amide bonds. The van der Waals surface area contributed by atoms with Crippen LogP contribution < -0.4 is 0 Å². The number of alkyl halides is 1. The molecular formula is C26H41ClO8. The summed E-state index contributed by atoms with van der Waals surface area (Å²) in [5.41, 5.74) is 0. The zero-order valence-corrected chi connectivity index (χ0v) is 22.0. The van der Waals surface area contributed by atoms with Gasteiger partial charge in [-0.15, -0.1) is 11.6 Å². The number of methoxy groups -OCH3 is 2. The Morgan fingerprint density at radius 3 is 2.60 bits per heavy atom. The van der Waals surface area contributed by atoms with Crippen molar-refractivity contribution in [2.75, 3.05) is 14.2 Å². The first-order chi connectivity index (χ1) is 16.7. The van der Waals surface area contributed by atoms with Crippen LogP contribution in [0.2, 0.25) is 0 Å². The third kappa shape index (κ3) is 6.66. The molecule has 3 aliphatic rings. The van der Waals surface area contributed by atoms with Crippen LogP contribution in [0.15, 0.2) is 24.3 Å². The Bertz CT molecular complexity index is 744. The molecule has 0 aromatic rings. The minimum Gasteiger partial charge on any atom is -0.467 e. The average Bonchev–Trinajstić information content (AvgIpc) is 3.16. The number of halogens is 1. The molecule has 3 rings (SSSR count). The van der Waals surface area contributed by atoms with Crippen molar-refractivity contribution in [2.24, 2.45) is 5.92 Å². The van der Waals surface area contributed by atoms with Gasteiger partial charge >= 0.3 is 5.97 Å². The van der Waals surface area contributed by atoms with Gasteiger partial charge in [-0.05, 0) is 25.7 Å². The highest BCUT2D eigenvalue weighted by Gasteiger charge is 2.60. The number of carbonyl (C=O) groups is 1. The first-order valence-electron chi connectivity index (χ1n) is 12.7. The predicted octanol–water partition coefficient (Wildman–Crippen LogP) is 3.61. The Kier molecular flexibility index (Phi) is 10.2. The van der Waals surface area contributed by atoms with Gasteiger partial charge in [-0.2, -0.15) is 0 Å². The van der Waals surface area contributed by atoms with Crippen molar-refractivity contribution in [3.8, 4) is 0 Å². The fourth-order valence-electron chi connectivity index (χ4n) is 5.27. The second kappa shape index (κ2) is 12.5. The number of hydrogen-bond donors (Lipinski definition) is 2. The second-order valence-corrected chi connectivity index (χ2v) is 10.4. The van der Waals surface area contributed by atoms with E-state index in [1.807, 2.05) is 25.2 Å². The third-order valence-electron chi connectivity index (χ3n) is 7.44.